The summed E-state index contributed by atoms with van der Waals surface area (Å²) < 4.78 is 16.3. The maximum atomic E-state index is 12.4. The summed E-state index contributed by atoms with van der Waals surface area (Å²) in [5.41, 5.74) is 1.86. The smallest absolute Gasteiger partial charge is 0.345 e. The number of hydrogen-bond donors (Lipinski definition) is 1. The van der Waals surface area contributed by atoms with Crippen molar-refractivity contribution in [3.8, 4) is 22.8 Å². The topological polar surface area (TPSA) is 73.6 Å². The molecule has 4 aromatic rings. The number of aromatic nitrogens is 1. The van der Waals surface area contributed by atoms with Gasteiger partial charge in [-0.15, -0.1) is 11.3 Å². The van der Waals surface area contributed by atoms with Gasteiger partial charge in [0.15, 0.2) is 5.13 Å². The van der Waals surface area contributed by atoms with Crippen LogP contribution in [0.15, 0.2) is 63.1 Å². The molecule has 142 valence electrons. The number of methoxy groups -OCH3 is 1. The Morgan fingerprint density at radius 2 is 2.04 bits per heavy atom. The Morgan fingerprint density at radius 3 is 2.86 bits per heavy atom. The van der Waals surface area contributed by atoms with Gasteiger partial charge < -0.3 is 19.2 Å². The monoisotopic (exact) mass is 394 g/mol. The van der Waals surface area contributed by atoms with Crippen molar-refractivity contribution in [1.29, 1.82) is 0 Å². The van der Waals surface area contributed by atoms with Gasteiger partial charge in [-0.05, 0) is 43.3 Å². The molecule has 0 atom stereocenters. The second-order valence-electron chi connectivity index (χ2n) is 5.94. The van der Waals surface area contributed by atoms with E-state index in [0.717, 1.165) is 16.8 Å². The van der Waals surface area contributed by atoms with Gasteiger partial charge in [-0.2, -0.15) is 0 Å². The van der Waals surface area contributed by atoms with Gasteiger partial charge in [-0.3, -0.25) is 0 Å². The maximum Gasteiger partial charge on any atom is 0.345 e. The second-order valence-corrected chi connectivity index (χ2v) is 6.80. The minimum atomic E-state index is -0.427. The molecule has 0 saturated carbocycles. The lowest BCUT2D eigenvalue weighted by molar-refractivity contribution is 0.342. The zero-order chi connectivity index (χ0) is 19.5. The molecule has 0 saturated heterocycles. The first kappa shape index (κ1) is 18.1. The first-order valence-corrected chi connectivity index (χ1v) is 9.62. The van der Waals surface area contributed by atoms with Crippen molar-refractivity contribution < 1.29 is 13.9 Å². The zero-order valence-corrected chi connectivity index (χ0v) is 16.2. The van der Waals surface area contributed by atoms with Crippen molar-refractivity contribution in [2.24, 2.45) is 0 Å². The standard InChI is InChI=1S/C21H18N2O4S/c1-3-26-19-7-5-4-6-16(19)22-21-23-17(12-28-21)15-11-13-10-14(25-2)8-9-18(13)27-20(15)24/h4-12H,3H2,1-2H3,(H,22,23). The van der Waals surface area contributed by atoms with Gasteiger partial charge in [0.2, 0.25) is 0 Å². The first-order valence-electron chi connectivity index (χ1n) is 8.74. The summed E-state index contributed by atoms with van der Waals surface area (Å²) >= 11 is 1.40. The van der Waals surface area contributed by atoms with Crippen molar-refractivity contribution in [3.05, 3.63) is 64.3 Å². The normalized spacial score (nSPS) is 10.8. The van der Waals surface area contributed by atoms with E-state index in [1.54, 1.807) is 25.3 Å². The summed E-state index contributed by atoms with van der Waals surface area (Å²) in [7, 11) is 1.60. The van der Waals surface area contributed by atoms with E-state index in [4.69, 9.17) is 13.9 Å². The highest BCUT2D eigenvalue weighted by molar-refractivity contribution is 7.14. The molecule has 4 rings (SSSR count). The minimum Gasteiger partial charge on any atom is -0.497 e. The number of rotatable bonds is 6. The molecule has 6 nitrogen and oxygen atoms in total. The molecule has 0 spiro atoms. The Morgan fingerprint density at radius 1 is 1.18 bits per heavy atom. The van der Waals surface area contributed by atoms with Gasteiger partial charge in [0.05, 0.1) is 30.7 Å². The van der Waals surface area contributed by atoms with Crippen LogP contribution in [-0.2, 0) is 0 Å². The van der Waals surface area contributed by atoms with Gasteiger partial charge in [0.25, 0.3) is 0 Å². The van der Waals surface area contributed by atoms with E-state index in [1.807, 2.05) is 42.6 Å². The van der Waals surface area contributed by atoms with Crippen molar-refractivity contribution >= 4 is 33.1 Å². The molecule has 0 amide bonds. The number of anilines is 2. The van der Waals surface area contributed by atoms with Crippen LogP contribution >= 0.6 is 11.3 Å². The molecular weight excluding hydrogens is 376 g/mol. The van der Waals surface area contributed by atoms with Crippen LogP contribution in [0.5, 0.6) is 11.5 Å². The van der Waals surface area contributed by atoms with Gasteiger partial charge in [-0.1, -0.05) is 12.1 Å². The van der Waals surface area contributed by atoms with Crippen LogP contribution in [0.1, 0.15) is 6.92 Å². The lowest BCUT2D eigenvalue weighted by Gasteiger charge is -2.09. The number of thiazole rings is 1. The molecule has 2 heterocycles. The second kappa shape index (κ2) is 7.74. The van der Waals surface area contributed by atoms with Crippen LogP contribution in [0, 0.1) is 0 Å². The van der Waals surface area contributed by atoms with E-state index < -0.39 is 5.63 Å². The van der Waals surface area contributed by atoms with E-state index in [-0.39, 0.29) is 0 Å². The minimum absolute atomic E-state index is 0.406. The highest BCUT2D eigenvalue weighted by Gasteiger charge is 2.13. The average Bonchev–Trinajstić information content (AvgIpc) is 3.17. The lowest BCUT2D eigenvalue weighted by Crippen LogP contribution is -2.03. The van der Waals surface area contributed by atoms with E-state index in [9.17, 15) is 4.79 Å². The van der Waals surface area contributed by atoms with E-state index in [1.165, 1.54) is 11.3 Å². The fourth-order valence-electron chi connectivity index (χ4n) is 2.83. The molecule has 0 unspecified atom stereocenters. The van der Waals surface area contributed by atoms with Crippen LogP contribution in [0.3, 0.4) is 0 Å². The number of nitrogens with zero attached hydrogens (tertiary/aromatic N) is 1. The van der Waals surface area contributed by atoms with E-state index in [0.29, 0.717) is 34.3 Å². The number of para-hydroxylation sites is 2. The van der Waals surface area contributed by atoms with Crippen molar-refractivity contribution in [3.63, 3.8) is 0 Å². The fraction of sp³-hybridized carbons (Fsp3) is 0.143. The molecule has 28 heavy (non-hydrogen) atoms. The molecule has 0 radical (unpaired) electrons. The van der Waals surface area contributed by atoms with Crippen LogP contribution in [-0.4, -0.2) is 18.7 Å². The van der Waals surface area contributed by atoms with Crippen LogP contribution in [0.25, 0.3) is 22.2 Å². The van der Waals surface area contributed by atoms with E-state index >= 15 is 0 Å². The summed E-state index contributed by atoms with van der Waals surface area (Å²) in [5.74, 6) is 1.44. The number of ether oxygens (including phenoxy) is 2. The van der Waals surface area contributed by atoms with Gasteiger partial charge >= 0.3 is 5.63 Å². The van der Waals surface area contributed by atoms with Gasteiger partial charge in [0, 0.05) is 10.8 Å². The molecule has 7 heteroatoms. The number of fused-ring (bicyclic) bond motifs is 1. The first-order chi connectivity index (χ1) is 13.7. The third kappa shape index (κ3) is 3.57. The molecule has 2 aromatic heterocycles. The molecule has 0 aliphatic heterocycles. The van der Waals surface area contributed by atoms with E-state index in [2.05, 4.69) is 10.3 Å². The number of hydrogen-bond acceptors (Lipinski definition) is 7. The predicted molar refractivity (Wildman–Crippen MR) is 111 cm³/mol. The van der Waals surface area contributed by atoms with Crippen LogP contribution < -0.4 is 20.4 Å². The third-order valence-electron chi connectivity index (χ3n) is 4.15. The largest absolute Gasteiger partial charge is 0.497 e. The summed E-state index contributed by atoms with van der Waals surface area (Å²) in [6.45, 7) is 2.51. The Hall–Kier alpha value is -3.32. The van der Waals surface area contributed by atoms with Crippen molar-refractivity contribution in [2.75, 3.05) is 19.0 Å². The Bertz CT molecular complexity index is 1180. The van der Waals surface area contributed by atoms with Gasteiger partial charge in [0.1, 0.15) is 17.1 Å². The van der Waals surface area contributed by atoms with Crippen molar-refractivity contribution in [2.45, 2.75) is 6.92 Å². The Balaban J connectivity index is 1.68. The summed E-state index contributed by atoms with van der Waals surface area (Å²) in [6, 6.07) is 14.7. The zero-order valence-electron chi connectivity index (χ0n) is 15.4. The number of benzene rings is 2. The highest BCUT2D eigenvalue weighted by atomic mass is 32.1. The maximum absolute atomic E-state index is 12.4. The van der Waals surface area contributed by atoms with Gasteiger partial charge in [-0.25, -0.2) is 9.78 Å². The molecule has 0 aliphatic rings. The summed E-state index contributed by atoms with van der Waals surface area (Å²) in [4.78, 5) is 17.0. The molecule has 0 aliphatic carbocycles. The van der Waals surface area contributed by atoms with Crippen LogP contribution in [0.2, 0.25) is 0 Å². The summed E-state index contributed by atoms with van der Waals surface area (Å²) in [5, 5.41) is 6.51. The average molecular weight is 394 g/mol. The van der Waals surface area contributed by atoms with Crippen LogP contribution in [0.4, 0.5) is 10.8 Å². The quantitative estimate of drug-likeness (QED) is 0.461. The van der Waals surface area contributed by atoms with Crippen molar-refractivity contribution in [1.82, 2.24) is 4.98 Å². The Kier molecular flexibility index (Phi) is 4.99. The predicted octanol–water partition coefficient (Wildman–Crippen LogP) is 5.07. The SMILES string of the molecule is CCOc1ccccc1Nc1nc(-c2cc3cc(OC)ccc3oc2=O)cs1. The molecule has 0 bridgehead atoms. The molecule has 0 fully saturated rings. The summed E-state index contributed by atoms with van der Waals surface area (Å²) in [6.07, 6.45) is 0. The fourth-order valence-corrected chi connectivity index (χ4v) is 3.55. The highest BCUT2D eigenvalue weighted by Crippen LogP contribution is 2.31. The molecular formula is C21H18N2O4S. The molecule has 2 aromatic carbocycles. The lowest BCUT2D eigenvalue weighted by atomic mass is 10.1. The molecule has 1 N–H and O–H groups in total. The third-order valence-corrected chi connectivity index (χ3v) is 4.91. The number of nitrogens with one attached hydrogen (secondary N) is 1. The Labute approximate surface area is 165 Å².